The van der Waals surface area contributed by atoms with Crippen molar-refractivity contribution in [2.75, 3.05) is 20.3 Å². The molecule has 0 amide bonds. The molecule has 1 heterocycles. The second-order valence-electron chi connectivity index (χ2n) is 7.31. The molecule has 6 heteroatoms. The molecule has 0 atom stereocenters. The predicted molar refractivity (Wildman–Crippen MR) is 123 cm³/mol. The van der Waals surface area contributed by atoms with Gasteiger partial charge in [0.15, 0.2) is 0 Å². The van der Waals surface area contributed by atoms with Crippen LogP contribution in [0.15, 0.2) is 78.5 Å². The van der Waals surface area contributed by atoms with Gasteiger partial charge in [0.2, 0.25) is 5.71 Å². The van der Waals surface area contributed by atoms with Gasteiger partial charge in [-0.05, 0) is 48.4 Å². The zero-order valence-electron chi connectivity index (χ0n) is 18.1. The monoisotopic (exact) mass is 428 g/mol. The number of carbonyl (C=O) groups excluding carboxylic acids is 1. The van der Waals surface area contributed by atoms with Gasteiger partial charge in [-0.2, -0.15) is 0 Å². The molecule has 1 aliphatic carbocycles. The Morgan fingerprint density at radius 2 is 1.81 bits per heavy atom. The lowest BCUT2D eigenvalue weighted by molar-refractivity contribution is -0.421. The fourth-order valence-electron chi connectivity index (χ4n) is 3.87. The number of ether oxygens (including phenoxy) is 2. The van der Waals surface area contributed by atoms with Gasteiger partial charge >= 0.3 is 5.97 Å². The topological polar surface area (TPSA) is 74.5 Å². The molecule has 3 aromatic rings. The number of hydrogen-bond donors (Lipinski definition) is 0. The van der Waals surface area contributed by atoms with Crippen molar-refractivity contribution < 1.29 is 19.0 Å². The lowest BCUT2D eigenvalue weighted by Gasteiger charge is -2.10. The van der Waals surface area contributed by atoms with Gasteiger partial charge in [0, 0.05) is 23.9 Å². The van der Waals surface area contributed by atoms with E-state index in [4.69, 9.17) is 9.47 Å². The molecular weight excluding hydrogens is 404 g/mol. The maximum Gasteiger partial charge on any atom is 0.345 e. The highest BCUT2D eigenvalue weighted by molar-refractivity contribution is 6.35. The van der Waals surface area contributed by atoms with Gasteiger partial charge in [-0.15, -0.1) is 0 Å². The molecule has 0 bridgehead atoms. The molecule has 32 heavy (non-hydrogen) atoms. The molecule has 0 saturated carbocycles. The average Bonchev–Trinajstić information content (AvgIpc) is 3.15. The van der Waals surface area contributed by atoms with E-state index in [1.165, 1.54) is 7.05 Å². The van der Waals surface area contributed by atoms with Crippen molar-refractivity contribution in [2.45, 2.75) is 13.3 Å². The molecule has 0 radical (unpaired) electrons. The third-order valence-electron chi connectivity index (χ3n) is 5.21. The number of hydroxylamine groups is 1. The molecule has 1 aromatic heterocycles. The van der Waals surface area contributed by atoms with Crippen LogP contribution in [-0.4, -0.2) is 41.7 Å². The van der Waals surface area contributed by atoms with E-state index in [0.29, 0.717) is 29.9 Å². The maximum absolute atomic E-state index is 12.9. The largest absolute Gasteiger partial charge is 0.624 e. The third kappa shape index (κ3) is 4.25. The molecule has 162 valence electrons. The first-order valence-corrected chi connectivity index (χ1v) is 10.5. The molecule has 0 unspecified atom stereocenters. The van der Waals surface area contributed by atoms with Crippen LogP contribution in [0.1, 0.15) is 29.3 Å². The first-order valence-electron chi connectivity index (χ1n) is 10.5. The van der Waals surface area contributed by atoms with Crippen molar-refractivity contribution in [1.29, 1.82) is 0 Å². The van der Waals surface area contributed by atoms with Crippen LogP contribution in [0.25, 0.3) is 5.57 Å². The Bertz CT molecular complexity index is 1180. The standard InChI is InChI=1S/C26H24N2O4/c1-3-31-26(29)24-23(18-9-5-4-6-10-18)21-13-12-20(17-22(21)25(24)28(2)30)32-16-14-19-11-7-8-15-27-19/h4-13,15,17H,3,14,16H2,1-2H3/b28-25+. The molecule has 0 fully saturated rings. The Labute approximate surface area is 187 Å². The zero-order valence-corrected chi connectivity index (χ0v) is 18.1. The number of pyridine rings is 1. The van der Waals surface area contributed by atoms with Crippen molar-refractivity contribution in [1.82, 2.24) is 4.98 Å². The number of benzene rings is 2. The van der Waals surface area contributed by atoms with Crippen molar-refractivity contribution in [3.63, 3.8) is 0 Å². The Kier molecular flexibility index (Phi) is 6.31. The van der Waals surface area contributed by atoms with E-state index < -0.39 is 5.97 Å². The summed E-state index contributed by atoms with van der Waals surface area (Å²) in [7, 11) is 1.39. The second-order valence-corrected chi connectivity index (χ2v) is 7.31. The van der Waals surface area contributed by atoms with Crippen LogP contribution >= 0.6 is 0 Å². The van der Waals surface area contributed by atoms with E-state index in [-0.39, 0.29) is 17.9 Å². The first kappa shape index (κ1) is 21.3. The van der Waals surface area contributed by atoms with Gasteiger partial charge in [-0.25, -0.2) is 9.53 Å². The summed E-state index contributed by atoms with van der Waals surface area (Å²) < 4.78 is 12.0. The van der Waals surface area contributed by atoms with E-state index >= 15 is 0 Å². The molecule has 6 nitrogen and oxygen atoms in total. The zero-order chi connectivity index (χ0) is 22.5. The van der Waals surface area contributed by atoms with Crippen LogP contribution in [0.3, 0.4) is 0 Å². The number of rotatable bonds is 7. The third-order valence-corrected chi connectivity index (χ3v) is 5.21. The van der Waals surface area contributed by atoms with Gasteiger partial charge in [-0.3, -0.25) is 4.98 Å². The smallest absolute Gasteiger partial charge is 0.345 e. The summed E-state index contributed by atoms with van der Waals surface area (Å²) in [4.78, 5) is 17.2. The summed E-state index contributed by atoms with van der Waals surface area (Å²) in [6, 6.07) is 20.9. The van der Waals surface area contributed by atoms with Gasteiger partial charge in [0.05, 0.1) is 18.8 Å². The van der Waals surface area contributed by atoms with Crippen molar-refractivity contribution in [2.24, 2.45) is 0 Å². The molecule has 4 rings (SSSR count). The fraction of sp³-hybridized carbons (Fsp3) is 0.192. The van der Waals surface area contributed by atoms with Gasteiger partial charge < -0.3 is 14.7 Å². The average molecular weight is 428 g/mol. The van der Waals surface area contributed by atoms with Crippen molar-refractivity contribution in [3.05, 3.63) is 106 Å². The molecule has 1 aliphatic rings. The molecule has 2 aromatic carbocycles. The van der Waals surface area contributed by atoms with E-state index in [1.54, 1.807) is 13.1 Å². The maximum atomic E-state index is 12.9. The molecule has 0 spiro atoms. The summed E-state index contributed by atoms with van der Waals surface area (Å²) >= 11 is 0. The summed E-state index contributed by atoms with van der Waals surface area (Å²) in [6.07, 6.45) is 2.42. The summed E-state index contributed by atoms with van der Waals surface area (Å²) in [5.41, 5.74) is 4.49. The number of aromatic nitrogens is 1. The number of esters is 1. The summed E-state index contributed by atoms with van der Waals surface area (Å²) in [6.45, 7) is 2.41. The molecule has 0 saturated heterocycles. The first-order chi connectivity index (χ1) is 15.6. The number of nitrogens with zero attached hydrogens (tertiary/aromatic N) is 2. The van der Waals surface area contributed by atoms with Crippen LogP contribution in [0.4, 0.5) is 0 Å². The lowest BCUT2D eigenvalue weighted by Crippen LogP contribution is -2.21. The minimum atomic E-state index is -0.516. The Balaban J connectivity index is 1.72. The number of fused-ring (bicyclic) bond motifs is 1. The van der Waals surface area contributed by atoms with Gasteiger partial charge in [0.25, 0.3) is 0 Å². The van der Waals surface area contributed by atoms with Crippen molar-refractivity contribution in [3.8, 4) is 5.75 Å². The van der Waals surface area contributed by atoms with Crippen LogP contribution in [0.5, 0.6) is 5.75 Å². The highest BCUT2D eigenvalue weighted by Gasteiger charge is 2.39. The number of hydrogen-bond acceptors (Lipinski definition) is 5. The van der Waals surface area contributed by atoms with Crippen LogP contribution in [0, 0.1) is 5.21 Å². The minimum Gasteiger partial charge on any atom is -0.624 e. The van der Waals surface area contributed by atoms with Crippen LogP contribution in [-0.2, 0) is 16.0 Å². The molecule has 0 N–H and O–H groups in total. The summed E-state index contributed by atoms with van der Waals surface area (Å²) in [5.74, 6) is 0.106. The van der Waals surface area contributed by atoms with Gasteiger partial charge in [0.1, 0.15) is 18.4 Å². The quantitative estimate of drug-likeness (QED) is 0.246. The molecule has 0 aliphatic heterocycles. The van der Waals surface area contributed by atoms with Crippen molar-refractivity contribution >= 4 is 17.3 Å². The van der Waals surface area contributed by atoms with E-state index in [1.807, 2.05) is 66.7 Å². The van der Waals surface area contributed by atoms with Gasteiger partial charge in [-0.1, -0.05) is 36.4 Å². The van der Waals surface area contributed by atoms with Crippen LogP contribution in [0.2, 0.25) is 0 Å². The second kappa shape index (κ2) is 9.47. The van der Waals surface area contributed by atoms with Crippen LogP contribution < -0.4 is 4.74 Å². The minimum absolute atomic E-state index is 0.221. The highest BCUT2D eigenvalue weighted by Crippen LogP contribution is 2.40. The van der Waals surface area contributed by atoms with E-state index in [2.05, 4.69) is 4.98 Å². The molecular formula is C26H24N2O4. The predicted octanol–water partition coefficient (Wildman–Crippen LogP) is 4.01. The summed E-state index contributed by atoms with van der Waals surface area (Å²) in [5, 5.41) is 12.6. The van der Waals surface area contributed by atoms with E-state index in [9.17, 15) is 10.0 Å². The highest BCUT2D eigenvalue weighted by atomic mass is 16.5. The number of carbonyl (C=O) groups is 1. The SMILES string of the molecule is CCOC(=O)C1=C(c2ccccc2)c2ccc(OCCc3ccccn3)cc2/C1=[N+](/C)[O-]. The Hall–Kier alpha value is -3.93. The Morgan fingerprint density at radius 3 is 2.50 bits per heavy atom. The fourth-order valence-corrected chi connectivity index (χ4v) is 3.87. The van der Waals surface area contributed by atoms with E-state index in [0.717, 1.165) is 21.6 Å². The lowest BCUT2D eigenvalue weighted by atomic mass is 9.97. The Morgan fingerprint density at radius 1 is 1.03 bits per heavy atom. The normalized spacial score (nSPS) is 14.2.